The number of hydrogen-bond acceptors (Lipinski definition) is 4. The molecule has 2 N–H and O–H groups in total. The number of aryl methyl sites for hydroxylation is 1. The summed E-state index contributed by atoms with van der Waals surface area (Å²) in [5.41, 5.74) is 3.20. The van der Waals surface area contributed by atoms with Gasteiger partial charge in [0.25, 0.3) is 5.91 Å². The lowest BCUT2D eigenvalue weighted by atomic mass is 10.1. The lowest BCUT2D eigenvalue weighted by Crippen LogP contribution is -2.12. The highest BCUT2D eigenvalue weighted by Crippen LogP contribution is 2.27. The zero-order valence-corrected chi connectivity index (χ0v) is 16.4. The molecular weight excluding hydrogens is 382 g/mol. The van der Waals surface area contributed by atoms with E-state index in [9.17, 15) is 9.59 Å². The van der Waals surface area contributed by atoms with E-state index < -0.39 is 0 Å². The number of carbonyl (C=O) groups is 2. The number of nitrogens with zero attached hydrogens (tertiary/aromatic N) is 1. The molecule has 0 bridgehead atoms. The Kier molecular flexibility index (Phi) is 5.88. The molecule has 3 rings (SSSR count). The van der Waals surface area contributed by atoms with Crippen LogP contribution in [-0.4, -0.2) is 16.8 Å². The van der Waals surface area contributed by atoms with Crippen molar-refractivity contribution in [3.63, 3.8) is 0 Å². The van der Waals surface area contributed by atoms with Gasteiger partial charge < -0.3 is 5.32 Å². The summed E-state index contributed by atoms with van der Waals surface area (Å²) >= 11 is 7.76. The maximum absolute atomic E-state index is 12.4. The van der Waals surface area contributed by atoms with Gasteiger partial charge in [0.2, 0.25) is 5.91 Å². The number of rotatable bonds is 5. The van der Waals surface area contributed by atoms with Crippen LogP contribution >= 0.6 is 22.9 Å². The average molecular weight is 400 g/mol. The number of anilines is 2. The number of thiazole rings is 1. The molecule has 0 aliphatic carbocycles. The summed E-state index contributed by atoms with van der Waals surface area (Å²) in [6.45, 7) is 3.41. The number of halogens is 1. The highest BCUT2D eigenvalue weighted by Gasteiger charge is 2.11. The van der Waals surface area contributed by atoms with Crippen molar-refractivity contribution in [2.45, 2.75) is 20.3 Å². The van der Waals surface area contributed by atoms with Crippen molar-refractivity contribution < 1.29 is 9.59 Å². The summed E-state index contributed by atoms with van der Waals surface area (Å²) in [5, 5.41) is 6.75. The maximum Gasteiger partial charge on any atom is 0.257 e. The molecule has 0 fully saturated rings. The van der Waals surface area contributed by atoms with Crippen molar-refractivity contribution in [2.75, 3.05) is 10.6 Å². The van der Waals surface area contributed by atoms with E-state index in [0.29, 0.717) is 22.8 Å². The highest BCUT2D eigenvalue weighted by atomic mass is 35.5. The zero-order valence-electron chi connectivity index (χ0n) is 14.9. The van der Waals surface area contributed by atoms with E-state index in [1.807, 2.05) is 25.1 Å². The molecule has 0 saturated carbocycles. The molecule has 3 aromatic rings. The van der Waals surface area contributed by atoms with Crippen molar-refractivity contribution in [1.29, 1.82) is 0 Å². The highest BCUT2D eigenvalue weighted by molar-refractivity contribution is 7.15. The SMILES string of the molecule is CC(=O)Nc1ccc(C(=O)Nc2ncc(Cc3cccc(C)c3Cl)s2)cc1. The first-order chi connectivity index (χ1) is 12.9. The molecule has 2 amide bonds. The maximum atomic E-state index is 12.4. The summed E-state index contributed by atoms with van der Waals surface area (Å²) in [6, 6.07) is 12.6. The van der Waals surface area contributed by atoms with E-state index in [1.54, 1.807) is 30.5 Å². The van der Waals surface area contributed by atoms with Gasteiger partial charge >= 0.3 is 0 Å². The predicted octanol–water partition coefficient (Wildman–Crippen LogP) is 4.91. The molecule has 1 heterocycles. The quantitative estimate of drug-likeness (QED) is 0.640. The topological polar surface area (TPSA) is 71.1 Å². The number of nitrogens with one attached hydrogen (secondary N) is 2. The standard InChI is InChI=1S/C20H18ClN3O2S/c1-12-4-3-5-15(18(12)21)10-17-11-22-20(27-17)24-19(26)14-6-8-16(9-7-14)23-13(2)25/h3-9,11H,10H2,1-2H3,(H,23,25)(H,22,24,26). The molecule has 0 aliphatic rings. The van der Waals surface area contributed by atoms with Crippen LogP contribution in [0.25, 0.3) is 0 Å². The summed E-state index contributed by atoms with van der Waals surface area (Å²) in [4.78, 5) is 28.7. The van der Waals surface area contributed by atoms with Crippen molar-refractivity contribution in [3.05, 3.63) is 75.3 Å². The van der Waals surface area contributed by atoms with Crippen LogP contribution < -0.4 is 10.6 Å². The van der Waals surface area contributed by atoms with E-state index in [1.165, 1.54) is 18.3 Å². The van der Waals surface area contributed by atoms with Crippen LogP contribution in [-0.2, 0) is 11.2 Å². The third kappa shape index (κ3) is 4.93. The van der Waals surface area contributed by atoms with Gasteiger partial charge in [-0.05, 0) is 42.3 Å². The fourth-order valence-corrected chi connectivity index (χ4v) is 3.58. The normalized spacial score (nSPS) is 10.5. The molecule has 0 unspecified atom stereocenters. The van der Waals surface area contributed by atoms with Gasteiger partial charge in [0, 0.05) is 40.7 Å². The Labute approximate surface area is 166 Å². The second-order valence-corrected chi connectivity index (χ2v) is 7.56. The number of carbonyl (C=O) groups excluding carboxylic acids is 2. The molecule has 0 atom stereocenters. The lowest BCUT2D eigenvalue weighted by Gasteiger charge is -2.05. The second kappa shape index (κ2) is 8.33. The Hall–Kier alpha value is -2.70. The molecule has 1 aromatic heterocycles. The molecule has 5 nitrogen and oxygen atoms in total. The summed E-state index contributed by atoms with van der Waals surface area (Å²) in [6.07, 6.45) is 2.41. The molecule has 2 aromatic carbocycles. The monoisotopic (exact) mass is 399 g/mol. The first-order valence-electron chi connectivity index (χ1n) is 8.30. The molecule has 27 heavy (non-hydrogen) atoms. The number of amides is 2. The Bertz CT molecular complexity index is 983. The van der Waals surface area contributed by atoms with E-state index in [0.717, 1.165) is 21.0 Å². The predicted molar refractivity (Wildman–Crippen MR) is 110 cm³/mol. The van der Waals surface area contributed by atoms with Crippen molar-refractivity contribution in [3.8, 4) is 0 Å². The van der Waals surface area contributed by atoms with Gasteiger partial charge in [-0.15, -0.1) is 11.3 Å². The van der Waals surface area contributed by atoms with Gasteiger partial charge in [0.1, 0.15) is 0 Å². The smallest absolute Gasteiger partial charge is 0.257 e. The van der Waals surface area contributed by atoms with Gasteiger partial charge in [-0.3, -0.25) is 14.9 Å². The van der Waals surface area contributed by atoms with Crippen molar-refractivity contribution in [1.82, 2.24) is 4.98 Å². The van der Waals surface area contributed by atoms with E-state index in [4.69, 9.17) is 11.6 Å². The first kappa shape index (κ1) is 19.1. The number of aromatic nitrogens is 1. The van der Waals surface area contributed by atoms with E-state index in [2.05, 4.69) is 15.6 Å². The Morgan fingerprint density at radius 3 is 2.56 bits per heavy atom. The zero-order chi connectivity index (χ0) is 19.4. The summed E-state index contributed by atoms with van der Waals surface area (Å²) < 4.78 is 0. The van der Waals surface area contributed by atoms with Crippen LogP contribution in [0.2, 0.25) is 5.02 Å². The third-order valence-corrected chi connectivity index (χ3v) is 5.33. The van der Waals surface area contributed by atoms with Crippen LogP contribution in [0.5, 0.6) is 0 Å². The van der Waals surface area contributed by atoms with Gasteiger partial charge in [0.05, 0.1) is 0 Å². The summed E-state index contributed by atoms with van der Waals surface area (Å²) in [7, 11) is 0. The molecule has 138 valence electrons. The minimum Gasteiger partial charge on any atom is -0.326 e. The van der Waals surface area contributed by atoms with E-state index in [-0.39, 0.29) is 11.8 Å². The molecule has 0 spiro atoms. The van der Waals surface area contributed by atoms with Crippen LogP contribution in [0.15, 0.2) is 48.7 Å². The van der Waals surface area contributed by atoms with Crippen LogP contribution in [0, 0.1) is 6.92 Å². The van der Waals surface area contributed by atoms with Crippen LogP contribution in [0.1, 0.15) is 33.3 Å². The second-order valence-electron chi connectivity index (χ2n) is 6.07. The fourth-order valence-electron chi connectivity index (χ4n) is 2.56. The van der Waals surface area contributed by atoms with Gasteiger partial charge in [0.15, 0.2) is 5.13 Å². The van der Waals surface area contributed by atoms with Crippen molar-refractivity contribution >= 4 is 45.6 Å². The van der Waals surface area contributed by atoms with Crippen molar-refractivity contribution in [2.24, 2.45) is 0 Å². The fraction of sp³-hybridized carbons (Fsp3) is 0.150. The lowest BCUT2D eigenvalue weighted by molar-refractivity contribution is -0.114. The molecule has 7 heteroatoms. The molecule has 0 aliphatic heterocycles. The summed E-state index contributed by atoms with van der Waals surface area (Å²) in [5.74, 6) is -0.407. The minimum atomic E-state index is -0.251. The van der Waals surface area contributed by atoms with E-state index >= 15 is 0 Å². The minimum absolute atomic E-state index is 0.156. The first-order valence-corrected chi connectivity index (χ1v) is 9.49. The van der Waals surface area contributed by atoms with Gasteiger partial charge in [-0.2, -0.15) is 0 Å². The largest absolute Gasteiger partial charge is 0.326 e. The molecular formula is C20H18ClN3O2S. The van der Waals surface area contributed by atoms with Gasteiger partial charge in [-0.25, -0.2) is 4.98 Å². The molecule has 0 saturated heterocycles. The van der Waals surface area contributed by atoms with Crippen LogP contribution in [0.3, 0.4) is 0 Å². The Balaban J connectivity index is 1.65. The van der Waals surface area contributed by atoms with Crippen LogP contribution in [0.4, 0.5) is 10.8 Å². The van der Waals surface area contributed by atoms with Gasteiger partial charge in [-0.1, -0.05) is 29.8 Å². The average Bonchev–Trinajstić information content (AvgIpc) is 3.06. The number of benzene rings is 2. The number of hydrogen-bond donors (Lipinski definition) is 2. The third-order valence-electron chi connectivity index (χ3n) is 3.88. The Morgan fingerprint density at radius 2 is 1.85 bits per heavy atom. The molecule has 0 radical (unpaired) electrons. The Morgan fingerprint density at radius 1 is 1.11 bits per heavy atom.